The highest BCUT2D eigenvalue weighted by atomic mass is 32.2. The molecule has 0 radical (unpaired) electrons. The zero-order chi connectivity index (χ0) is 9.56. The van der Waals surface area contributed by atoms with Gasteiger partial charge in [0.1, 0.15) is 0 Å². The Balaban J connectivity index is 3.37. The van der Waals surface area contributed by atoms with Crippen molar-refractivity contribution in [1.82, 2.24) is 9.62 Å². The Kier molecular flexibility index (Phi) is 6.20. The summed E-state index contributed by atoms with van der Waals surface area (Å²) in [4.78, 5) is 12.7. The van der Waals surface area contributed by atoms with Crippen molar-refractivity contribution < 1.29 is 4.79 Å². The standard InChI is InChI=1S/C8H20N2OS/c1-5-12(4)9-7-6-8(11)10(2)3/h9,12H,5-7H2,1-4H3. The fraction of sp³-hybridized carbons (Fsp3) is 0.875. The summed E-state index contributed by atoms with van der Waals surface area (Å²) >= 11 is -0.0490. The predicted octanol–water partition coefficient (Wildman–Crippen LogP) is 0.620. The Hall–Kier alpha value is -0.220. The summed E-state index contributed by atoms with van der Waals surface area (Å²) in [5.41, 5.74) is 0. The minimum Gasteiger partial charge on any atom is -0.349 e. The Bertz CT molecular complexity index is 139. The van der Waals surface area contributed by atoms with Crippen molar-refractivity contribution in [3.8, 4) is 0 Å². The summed E-state index contributed by atoms with van der Waals surface area (Å²) in [6.45, 7) is 2.97. The largest absolute Gasteiger partial charge is 0.349 e. The summed E-state index contributed by atoms with van der Waals surface area (Å²) in [6, 6.07) is 0. The van der Waals surface area contributed by atoms with E-state index in [4.69, 9.17) is 0 Å². The number of hydrogen-bond acceptors (Lipinski definition) is 2. The van der Waals surface area contributed by atoms with Crippen LogP contribution in [0.25, 0.3) is 0 Å². The highest BCUT2D eigenvalue weighted by Gasteiger charge is 2.02. The Morgan fingerprint density at radius 1 is 1.50 bits per heavy atom. The van der Waals surface area contributed by atoms with Gasteiger partial charge in [0.15, 0.2) is 0 Å². The predicted molar refractivity (Wildman–Crippen MR) is 56.8 cm³/mol. The molecule has 0 bridgehead atoms. The number of carbonyl (C=O) groups is 1. The topological polar surface area (TPSA) is 32.3 Å². The molecule has 0 spiro atoms. The maximum Gasteiger partial charge on any atom is 0.223 e. The molecule has 1 atom stereocenters. The fourth-order valence-electron chi connectivity index (χ4n) is 0.689. The third-order valence-corrected chi connectivity index (χ3v) is 3.41. The van der Waals surface area contributed by atoms with E-state index in [-0.39, 0.29) is 17.0 Å². The summed E-state index contributed by atoms with van der Waals surface area (Å²) in [5.74, 6) is 1.37. The first-order valence-corrected chi connectivity index (χ1v) is 6.20. The van der Waals surface area contributed by atoms with E-state index in [0.717, 1.165) is 6.54 Å². The van der Waals surface area contributed by atoms with E-state index in [9.17, 15) is 4.79 Å². The van der Waals surface area contributed by atoms with Crippen LogP contribution in [0.15, 0.2) is 0 Å². The van der Waals surface area contributed by atoms with E-state index in [1.54, 1.807) is 19.0 Å². The summed E-state index contributed by atoms with van der Waals surface area (Å²) in [6.07, 6.45) is 2.80. The normalized spacial score (nSPS) is 14.2. The minimum absolute atomic E-state index is 0.0490. The van der Waals surface area contributed by atoms with Crippen molar-refractivity contribution in [2.24, 2.45) is 0 Å². The van der Waals surface area contributed by atoms with Gasteiger partial charge >= 0.3 is 0 Å². The van der Waals surface area contributed by atoms with E-state index < -0.39 is 0 Å². The summed E-state index contributed by atoms with van der Waals surface area (Å²) in [7, 11) is 3.58. The molecule has 0 rings (SSSR count). The number of thiol groups is 1. The average Bonchev–Trinajstić information content (AvgIpc) is 2.03. The zero-order valence-electron chi connectivity index (χ0n) is 8.42. The van der Waals surface area contributed by atoms with Crippen LogP contribution in [0, 0.1) is 0 Å². The molecule has 12 heavy (non-hydrogen) atoms. The lowest BCUT2D eigenvalue weighted by Gasteiger charge is -2.16. The van der Waals surface area contributed by atoms with Gasteiger partial charge in [0.25, 0.3) is 0 Å². The third kappa shape index (κ3) is 5.43. The van der Waals surface area contributed by atoms with Crippen molar-refractivity contribution in [2.75, 3.05) is 32.6 Å². The molecule has 0 saturated heterocycles. The van der Waals surface area contributed by atoms with Gasteiger partial charge in [-0.1, -0.05) is 6.92 Å². The summed E-state index contributed by atoms with van der Waals surface area (Å²) in [5, 5.41) is 0. The van der Waals surface area contributed by atoms with Gasteiger partial charge < -0.3 is 4.90 Å². The first kappa shape index (κ1) is 11.8. The van der Waals surface area contributed by atoms with E-state index in [1.807, 2.05) is 0 Å². The van der Waals surface area contributed by atoms with Gasteiger partial charge in [-0.15, -0.1) is 0 Å². The number of amides is 1. The highest BCUT2D eigenvalue weighted by molar-refractivity contribution is 8.14. The van der Waals surface area contributed by atoms with Crippen LogP contribution < -0.4 is 4.72 Å². The molecule has 1 N–H and O–H groups in total. The first-order valence-electron chi connectivity index (χ1n) is 4.22. The molecule has 0 aromatic heterocycles. The molecule has 3 nitrogen and oxygen atoms in total. The van der Waals surface area contributed by atoms with Crippen LogP contribution in [0.5, 0.6) is 0 Å². The van der Waals surface area contributed by atoms with E-state index in [0.29, 0.717) is 6.42 Å². The Morgan fingerprint density at radius 2 is 2.08 bits per heavy atom. The second-order valence-electron chi connectivity index (χ2n) is 2.96. The van der Waals surface area contributed by atoms with Crippen molar-refractivity contribution in [2.45, 2.75) is 13.3 Å². The van der Waals surface area contributed by atoms with Crippen molar-refractivity contribution >= 4 is 17.0 Å². The Morgan fingerprint density at radius 3 is 2.50 bits per heavy atom. The van der Waals surface area contributed by atoms with Gasteiger partial charge in [0, 0.05) is 27.1 Å². The van der Waals surface area contributed by atoms with E-state index >= 15 is 0 Å². The number of hydrogen-bond donors (Lipinski definition) is 2. The van der Waals surface area contributed by atoms with Crippen LogP contribution in [0.4, 0.5) is 0 Å². The van der Waals surface area contributed by atoms with E-state index in [2.05, 4.69) is 17.9 Å². The van der Waals surface area contributed by atoms with Crippen LogP contribution in [0.2, 0.25) is 0 Å². The average molecular weight is 192 g/mol. The molecule has 1 amide bonds. The molecule has 0 aliphatic carbocycles. The maximum atomic E-state index is 11.1. The lowest BCUT2D eigenvalue weighted by molar-refractivity contribution is -0.128. The van der Waals surface area contributed by atoms with Crippen LogP contribution in [-0.2, 0) is 4.79 Å². The van der Waals surface area contributed by atoms with Crippen LogP contribution >= 0.6 is 11.1 Å². The molecule has 0 heterocycles. The second kappa shape index (κ2) is 6.31. The van der Waals surface area contributed by atoms with Gasteiger partial charge in [-0.3, -0.25) is 9.52 Å². The molecular formula is C8H20N2OS. The Labute approximate surface area is 78.0 Å². The first-order chi connectivity index (χ1) is 5.57. The minimum atomic E-state index is -0.0490. The van der Waals surface area contributed by atoms with Crippen molar-refractivity contribution in [3.05, 3.63) is 0 Å². The molecule has 0 aromatic carbocycles. The lowest BCUT2D eigenvalue weighted by Crippen LogP contribution is -2.25. The van der Waals surface area contributed by atoms with Gasteiger partial charge in [-0.2, -0.15) is 0 Å². The summed E-state index contributed by atoms with van der Waals surface area (Å²) < 4.78 is 3.34. The number of carbonyl (C=O) groups excluding carboxylic acids is 1. The van der Waals surface area contributed by atoms with Crippen molar-refractivity contribution in [3.63, 3.8) is 0 Å². The molecule has 4 heteroatoms. The highest BCUT2D eigenvalue weighted by Crippen LogP contribution is 2.11. The SMILES string of the molecule is CC[SH](C)NCCC(=O)N(C)C. The molecule has 0 aromatic rings. The van der Waals surface area contributed by atoms with Crippen LogP contribution in [0.1, 0.15) is 13.3 Å². The fourth-order valence-corrected chi connectivity index (χ4v) is 1.41. The number of nitrogens with one attached hydrogen (secondary N) is 1. The van der Waals surface area contributed by atoms with Gasteiger partial charge in [-0.05, 0) is 12.0 Å². The third-order valence-electron chi connectivity index (χ3n) is 1.69. The second-order valence-corrected chi connectivity index (χ2v) is 5.31. The monoisotopic (exact) mass is 192 g/mol. The zero-order valence-corrected chi connectivity index (χ0v) is 9.32. The molecule has 0 fully saturated rings. The van der Waals surface area contributed by atoms with Gasteiger partial charge in [0.05, 0.1) is 0 Å². The van der Waals surface area contributed by atoms with Crippen LogP contribution in [-0.4, -0.2) is 43.5 Å². The van der Waals surface area contributed by atoms with Gasteiger partial charge in [0.2, 0.25) is 5.91 Å². The van der Waals surface area contributed by atoms with Gasteiger partial charge in [-0.25, -0.2) is 11.1 Å². The number of nitrogens with zero attached hydrogens (tertiary/aromatic N) is 1. The quantitative estimate of drug-likeness (QED) is 0.626. The smallest absolute Gasteiger partial charge is 0.223 e. The van der Waals surface area contributed by atoms with Crippen LogP contribution in [0.3, 0.4) is 0 Å². The lowest BCUT2D eigenvalue weighted by atomic mass is 10.4. The molecule has 0 saturated carbocycles. The molecule has 1 unspecified atom stereocenters. The number of rotatable bonds is 5. The molecule has 74 valence electrons. The molecular weight excluding hydrogens is 172 g/mol. The van der Waals surface area contributed by atoms with Crippen molar-refractivity contribution in [1.29, 1.82) is 0 Å². The van der Waals surface area contributed by atoms with E-state index in [1.165, 1.54) is 5.75 Å². The maximum absolute atomic E-state index is 11.1. The molecule has 0 aliphatic heterocycles. The molecule has 0 aliphatic rings.